The lowest BCUT2D eigenvalue weighted by Crippen LogP contribution is -2.36. The summed E-state index contributed by atoms with van der Waals surface area (Å²) >= 11 is 0. The van der Waals surface area contributed by atoms with Gasteiger partial charge in [-0.3, -0.25) is 9.59 Å². The third-order valence-corrected chi connectivity index (χ3v) is 7.37. The van der Waals surface area contributed by atoms with E-state index in [1.54, 1.807) is 4.68 Å². The van der Waals surface area contributed by atoms with Crippen LogP contribution in [-0.2, 0) is 31.2 Å². The molecular formula is C29H30N4O3. The van der Waals surface area contributed by atoms with Crippen LogP contribution in [0.5, 0.6) is 0 Å². The maximum Gasteiger partial charge on any atom is 0.304 e. The summed E-state index contributed by atoms with van der Waals surface area (Å²) in [7, 11) is 1.85. The normalized spacial score (nSPS) is 14.0. The highest BCUT2D eigenvalue weighted by Gasteiger charge is 2.26. The van der Waals surface area contributed by atoms with Gasteiger partial charge < -0.3 is 10.0 Å². The molecule has 3 aromatic carbocycles. The van der Waals surface area contributed by atoms with Gasteiger partial charge >= 0.3 is 5.97 Å². The van der Waals surface area contributed by atoms with Gasteiger partial charge in [0.2, 0.25) is 0 Å². The van der Waals surface area contributed by atoms with Crippen molar-refractivity contribution in [1.82, 2.24) is 19.9 Å². The number of carboxylic acid groups (broad SMARTS) is 1. The van der Waals surface area contributed by atoms with Crippen LogP contribution >= 0.6 is 0 Å². The topological polar surface area (TPSA) is 88.3 Å². The first-order chi connectivity index (χ1) is 17.4. The van der Waals surface area contributed by atoms with Crippen LogP contribution in [0.15, 0.2) is 54.6 Å². The Balaban J connectivity index is 1.47. The Bertz CT molecular complexity index is 1460. The van der Waals surface area contributed by atoms with Crippen LogP contribution in [-0.4, -0.2) is 43.4 Å². The number of carboxylic acids is 1. The summed E-state index contributed by atoms with van der Waals surface area (Å²) in [5.74, 6) is -1.16. The number of nitrogens with zero attached hydrogens (tertiary/aromatic N) is 4. The van der Waals surface area contributed by atoms with Gasteiger partial charge in [-0.15, -0.1) is 5.10 Å². The first kappa shape index (κ1) is 23.7. The number of aliphatic carboxylic acids is 1. The van der Waals surface area contributed by atoms with Crippen LogP contribution < -0.4 is 0 Å². The Morgan fingerprint density at radius 1 is 1.06 bits per heavy atom. The highest BCUT2D eigenvalue weighted by Crippen LogP contribution is 2.35. The minimum absolute atomic E-state index is 0.0275. The lowest BCUT2D eigenvalue weighted by molar-refractivity contribution is -0.137. The highest BCUT2D eigenvalue weighted by atomic mass is 16.4. The second-order valence-corrected chi connectivity index (χ2v) is 9.57. The number of benzene rings is 3. The third-order valence-electron chi connectivity index (χ3n) is 7.37. The number of amides is 1. The van der Waals surface area contributed by atoms with E-state index in [-0.39, 0.29) is 18.2 Å². The number of fused-ring (bicyclic) bond motifs is 2. The zero-order valence-electron chi connectivity index (χ0n) is 20.9. The molecule has 4 aromatic rings. The zero-order chi connectivity index (χ0) is 25.4. The molecule has 0 fully saturated rings. The molecule has 0 spiro atoms. The number of aryl methyl sites for hydroxylation is 3. The molecule has 1 N–H and O–H groups in total. The van der Waals surface area contributed by atoms with Crippen molar-refractivity contribution >= 4 is 22.9 Å². The third kappa shape index (κ3) is 4.37. The van der Waals surface area contributed by atoms with Crippen molar-refractivity contribution in [3.63, 3.8) is 0 Å². The Morgan fingerprint density at radius 3 is 2.56 bits per heavy atom. The summed E-state index contributed by atoms with van der Waals surface area (Å²) in [5, 5.41) is 18.2. The van der Waals surface area contributed by atoms with Gasteiger partial charge in [0.15, 0.2) is 0 Å². The second kappa shape index (κ2) is 9.57. The molecule has 1 unspecified atom stereocenters. The predicted molar refractivity (Wildman–Crippen MR) is 138 cm³/mol. The molecule has 0 saturated heterocycles. The van der Waals surface area contributed by atoms with Crippen molar-refractivity contribution in [2.24, 2.45) is 7.05 Å². The number of carbonyl (C=O) groups excluding carboxylic acids is 1. The minimum atomic E-state index is -0.858. The molecule has 0 aliphatic carbocycles. The van der Waals surface area contributed by atoms with E-state index in [2.05, 4.69) is 29.4 Å². The van der Waals surface area contributed by atoms with Crippen molar-refractivity contribution in [2.45, 2.75) is 45.6 Å². The van der Waals surface area contributed by atoms with Gasteiger partial charge in [-0.2, -0.15) is 0 Å². The van der Waals surface area contributed by atoms with E-state index in [9.17, 15) is 14.7 Å². The monoisotopic (exact) mass is 482 g/mol. The Hall–Kier alpha value is -4.00. The van der Waals surface area contributed by atoms with Crippen molar-refractivity contribution in [2.75, 3.05) is 6.54 Å². The number of carbonyl (C=O) groups is 2. The van der Waals surface area contributed by atoms with Crippen LogP contribution in [0.3, 0.4) is 0 Å². The van der Waals surface area contributed by atoms with Gasteiger partial charge in [0.25, 0.3) is 5.91 Å². The van der Waals surface area contributed by atoms with Gasteiger partial charge in [-0.1, -0.05) is 48.5 Å². The van der Waals surface area contributed by atoms with E-state index in [0.717, 1.165) is 46.1 Å². The van der Waals surface area contributed by atoms with Crippen molar-refractivity contribution in [1.29, 1.82) is 0 Å². The number of hydrogen-bond donors (Lipinski definition) is 1. The van der Waals surface area contributed by atoms with Gasteiger partial charge in [0, 0.05) is 31.6 Å². The summed E-state index contributed by atoms with van der Waals surface area (Å²) in [6.45, 7) is 5.26. The molecule has 1 aliphatic rings. The fourth-order valence-electron chi connectivity index (χ4n) is 5.24. The average molecular weight is 483 g/mol. The molecule has 7 nitrogen and oxygen atoms in total. The maximum absolute atomic E-state index is 13.2. The molecular weight excluding hydrogens is 452 g/mol. The largest absolute Gasteiger partial charge is 0.481 e. The molecule has 1 amide bonds. The summed E-state index contributed by atoms with van der Waals surface area (Å²) in [4.78, 5) is 27.0. The SMILES string of the molecule is CCc1ccc(C(=O)N2CCc3ccc(C(CC(=O)O)c4ccc5c(nnn5C)c4C)cc3C2)cc1. The van der Waals surface area contributed by atoms with Crippen LogP contribution in [0.4, 0.5) is 0 Å². The van der Waals surface area contributed by atoms with Gasteiger partial charge in [0.1, 0.15) is 5.52 Å². The smallest absolute Gasteiger partial charge is 0.304 e. The fraction of sp³-hybridized carbons (Fsp3) is 0.310. The lowest BCUT2D eigenvalue weighted by Gasteiger charge is -2.30. The predicted octanol–water partition coefficient (Wildman–Crippen LogP) is 4.64. The first-order valence-corrected chi connectivity index (χ1v) is 12.4. The van der Waals surface area contributed by atoms with E-state index in [0.29, 0.717) is 18.7 Å². The molecule has 1 aliphatic heterocycles. The molecule has 1 aromatic heterocycles. The zero-order valence-corrected chi connectivity index (χ0v) is 20.9. The Morgan fingerprint density at radius 2 is 1.83 bits per heavy atom. The number of aromatic nitrogens is 3. The van der Waals surface area contributed by atoms with E-state index >= 15 is 0 Å². The van der Waals surface area contributed by atoms with E-state index in [1.165, 1.54) is 11.1 Å². The van der Waals surface area contributed by atoms with Crippen LogP contribution in [0.1, 0.15) is 63.0 Å². The average Bonchev–Trinajstić information content (AvgIpc) is 3.28. The molecule has 1 atom stereocenters. The van der Waals surface area contributed by atoms with Crippen molar-refractivity contribution in [3.05, 3.63) is 93.5 Å². The summed E-state index contributed by atoms with van der Waals surface area (Å²) < 4.78 is 1.72. The molecule has 7 heteroatoms. The molecule has 2 heterocycles. The number of hydrogen-bond acceptors (Lipinski definition) is 4. The Kier molecular flexibility index (Phi) is 6.31. The number of rotatable bonds is 6. The second-order valence-electron chi connectivity index (χ2n) is 9.57. The molecule has 184 valence electrons. The summed E-state index contributed by atoms with van der Waals surface area (Å²) in [6, 6.07) is 18.0. The molecule has 0 radical (unpaired) electrons. The van der Waals surface area contributed by atoms with Crippen LogP contribution in [0.25, 0.3) is 11.0 Å². The molecule has 5 rings (SSSR count). The lowest BCUT2D eigenvalue weighted by atomic mass is 9.83. The van der Waals surface area contributed by atoms with Gasteiger partial charge in [-0.05, 0) is 71.3 Å². The van der Waals surface area contributed by atoms with Gasteiger partial charge in [0.05, 0.1) is 11.9 Å². The Labute approximate surface area is 210 Å². The first-order valence-electron chi connectivity index (χ1n) is 12.4. The summed E-state index contributed by atoms with van der Waals surface area (Å²) in [6.07, 6.45) is 1.69. The molecule has 36 heavy (non-hydrogen) atoms. The molecule has 0 saturated carbocycles. The van der Waals surface area contributed by atoms with E-state index in [4.69, 9.17) is 0 Å². The minimum Gasteiger partial charge on any atom is -0.481 e. The molecule has 0 bridgehead atoms. The maximum atomic E-state index is 13.2. The van der Waals surface area contributed by atoms with Gasteiger partial charge in [-0.25, -0.2) is 4.68 Å². The summed E-state index contributed by atoms with van der Waals surface area (Å²) in [5.41, 5.74) is 8.70. The standard InChI is InChI=1S/C29H30N4O3/c1-4-19-5-7-21(8-6-19)29(36)33-14-13-20-9-10-22(15-23(20)17-33)25(16-27(34)35)24-11-12-26-28(18(24)2)30-31-32(26)3/h5-12,15,25H,4,13-14,16-17H2,1-3H3,(H,34,35). The van der Waals surface area contributed by atoms with Crippen molar-refractivity contribution in [3.8, 4) is 0 Å². The van der Waals surface area contributed by atoms with E-state index < -0.39 is 5.97 Å². The highest BCUT2D eigenvalue weighted by molar-refractivity contribution is 5.94. The quantitative estimate of drug-likeness (QED) is 0.432. The van der Waals surface area contributed by atoms with Crippen molar-refractivity contribution < 1.29 is 14.7 Å². The van der Waals surface area contributed by atoms with E-state index in [1.807, 2.05) is 61.3 Å². The van der Waals surface area contributed by atoms with Crippen LogP contribution in [0, 0.1) is 6.92 Å². The fourth-order valence-corrected chi connectivity index (χ4v) is 5.24. The van der Waals surface area contributed by atoms with Crippen LogP contribution in [0.2, 0.25) is 0 Å².